The van der Waals surface area contributed by atoms with Crippen LogP contribution in [0.5, 0.6) is 11.5 Å². The molecule has 85 heavy (non-hydrogen) atoms. The molecule has 0 spiro atoms. The minimum Gasteiger partial charge on any atom is -0.497 e. The monoisotopic (exact) mass is 1210 g/mol. The molecule has 2 N–H and O–H groups in total. The van der Waals surface area contributed by atoms with Crippen LogP contribution in [0.1, 0.15) is 73.6 Å². The molecule has 3 aromatic heterocycles. The van der Waals surface area contributed by atoms with Gasteiger partial charge < -0.3 is 52.3 Å². The molecule has 0 bridgehead atoms. The van der Waals surface area contributed by atoms with E-state index in [0.717, 1.165) is 16.2 Å². The van der Waals surface area contributed by atoms with Gasteiger partial charge in [-0.1, -0.05) is 100 Å². The number of amides is 1. The van der Waals surface area contributed by atoms with Crippen LogP contribution in [0, 0.1) is 11.3 Å². The Hall–Kier alpha value is -7.23. The Labute approximate surface area is 491 Å². The van der Waals surface area contributed by atoms with Gasteiger partial charge in [-0.05, 0) is 53.1 Å². The number of methoxy groups -OCH3 is 4. The maximum absolute atomic E-state index is 15.7. The van der Waals surface area contributed by atoms with Crippen LogP contribution in [0.3, 0.4) is 0 Å². The van der Waals surface area contributed by atoms with Crippen LogP contribution in [0.2, 0.25) is 0 Å². The summed E-state index contributed by atoms with van der Waals surface area (Å²) < 4.78 is 99.3. The fraction of sp³-hybridized carbons (Fsp3) is 0.407. The molecule has 24 nitrogen and oxygen atoms in total. The number of ether oxygens (including phenoxy) is 8. The molecule has 2 aliphatic rings. The molecule has 0 radical (unpaired) electrons. The Morgan fingerprint density at radius 1 is 0.765 bits per heavy atom. The molecule has 1 amide bonds. The first kappa shape index (κ1) is 62.3. The van der Waals surface area contributed by atoms with Crippen molar-refractivity contribution in [3.8, 4) is 17.6 Å². The molecule has 9 atom stereocenters. The zero-order valence-corrected chi connectivity index (χ0v) is 50.2. The van der Waals surface area contributed by atoms with Gasteiger partial charge in [0.1, 0.15) is 47.8 Å². The van der Waals surface area contributed by atoms with E-state index in [1.54, 1.807) is 53.8 Å². The van der Waals surface area contributed by atoms with Crippen molar-refractivity contribution < 1.29 is 60.9 Å². The highest BCUT2D eigenvalue weighted by Gasteiger charge is 2.57. The number of hydrogen-bond donors (Lipinski definition) is 2. The standard InChI is InChI=1S/C59H69N9O15P2/c1-37(2)85(73,38(3)4)68(31-16-30-60)48-50(76-7)55(66-32-29-46(69)64-58(66)71)82-57(48)79-36-84(72,78-9)83-49-45(81-56(51(49)77-8)67-35-63-47-52(61-34-62-53(47)67)65-54(70)39-17-12-10-13-18-39)33-80-59(40-19-14-11-15-20-40,41-21-25-43(74-5)26-22-41)42-23-27-44(75-6)28-24-42/h10-15,17-29,32,34-35,37-38,45,48-51,55-57H,16,31,33,36H2,1-9H3,(H,64,69,71)(H,61,62,65,70)/t45-,48-,49?,50+,51+,55-,56-,57+,84?/m1/s1. The second kappa shape index (κ2) is 27.0. The van der Waals surface area contributed by atoms with Gasteiger partial charge in [0.05, 0.1) is 39.3 Å². The van der Waals surface area contributed by atoms with Crippen molar-refractivity contribution in [1.29, 1.82) is 5.26 Å². The highest BCUT2D eigenvalue weighted by Crippen LogP contribution is 2.62. The molecular formula is C59H69N9O15P2. The van der Waals surface area contributed by atoms with Crippen molar-refractivity contribution in [2.24, 2.45) is 0 Å². The quantitative estimate of drug-likeness (QED) is 0.0381. The number of benzene rings is 4. The second-order valence-corrected chi connectivity index (χ2v) is 26.6. The van der Waals surface area contributed by atoms with Crippen molar-refractivity contribution >= 4 is 37.8 Å². The average molecular weight is 1210 g/mol. The van der Waals surface area contributed by atoms with Gasteiger partial charge >= 0.3 is 13.3 Å². The number of carbonyl (C=O) groups is 1. The number of anilines is 1. The van der Waals surface area contributed by atoms with E-state index in [-0.39, 0.29) is 36.6 Å². The molecule has 450 valence electrons. The number of nitrogens with one attached hydrogen (secondary N) is 2. The number of rotatable bonds is 26. The molecule has 2 unspecified atom stereocenters. The molecule has 0 aliphatic carbocycles. The highest BCUT2D eigenvalue weighted by molar-refractivity contribution is 7.62. The van der Waals surface area contributed by atoms with Crippen molar-refractivity contribution in [3.63, 3.8) is 0 Å². The number of carbonyl (C=O) groups excluding carboxylic acids is 1. The summed E-state index contributed by atoms with van der Waals surface area (Å²) in [5.74, 6) is 0.891. The summed E-state index contributed by atoms with van der Waals surface area (Å²) >= 11 is 0. The predicted octanol–water partition coefficient (Wildman–Crippen LogP) is 8.31. The lowest BCUT2D eigenvalue weighted by molar-refractivity contribution is -0.158. The first-order chi connectivity index (χ1) is 41.0. The number of aromatic amines is 1. The van der Waals surface area contributed by atoms with Crippen molar-refractivity contribution in [2.45, 2.75) is 100 Å². The Balaban J connectivity index is 1.13. The van der Waals surface area contributed by atoms with Crippen LogP contribution < -0.4 is 26.0 Å². The molecule has 5 heterocycles. The van der Waals surface area contributed by atoms with Gasteiger partial charge in [0, 0.05) is 63.4 Å². The number of fused-ring (bicyclic) bond motifs is 1. The zero-order valence-electron chi connectivity index (χ0n) is 48.5. The fourth-order valence-electron chi connectivity index (χ4n) is 11.1. The van der Waals surface area contributed by atoms with Crippen molar-refractivity contribution in [1.82, 2.24) is 33.7 Å². The summed E-state index contributed by atoms with van der Waals surface area (Å²) in [5.41, 5.74) is -0.839. The lowest BCUT2D eigenvalue weighted by atomic mass is 9.80. The zero-order chi connectivity index (χ0) is 60.6. The summed E-state index contributed by atoms with van der Waals surface area (Å²) in [7, 11) is -0.936. The second-order valence-electron chi connectivity index (χ2n) is 20.6. The van der Waals surface area contributed by atoms with Gasteiger partial charge in [-0.15, -0.1) is 0 Å². The Bertz CT molecular complexity index is 3600. The minimum absolute atomic E-state index is 0.0339. The first-order valence-corrected chi connectivity index (χ1v) is 30.9. The number of imidazole rings is 1. The van der Waals surface area contributed by atoms with Gasteiger partial charge in [0.2, 0.25) is 0 Å². The largest absolute Gasteiger partial charge is 0.497 e. The molecule has 7 aromatic rings. The maximum Gasteiger partial charge on any atom is 0.356 e. The van der Waals surface area contributed by atoms with Crippen LogP contribution in [0.15, 0.2) is 144 Å². The Morgan fingerprint density at radius 3 is 1.93 bits per heavy atom. The molecule has 0 saturated carbocycles. The molecule has 2 saturated heterocycles. The van der Waals surface area contributed by atoms with E-state index < -0.39 is 105 Å². The topological polar surface area (TPSA) is 281 Å². The van der Waals surface area contributed by atoms with Gasteiger partial charge in [0.15, 0.2) is 49.4 Å². The third-order valence-corrected chi connectivity index (χ3v) is 21.1. The lowest BCUT2D eigenvalue weighted by Crippen LogP contribution is -2.50. The normalized spacial score (nSPS) is 21.5. The van der Waals surface area contributed by atoms with Crippen molar-refractivity contribution in [2.75, 3.05) is 60.4 Å². The number of nitrogens with zero attached hydrogens (tertiary/aromatic N) is 7. The minimum atomic E-state index is -4.58. The van der Waals surface area contributed by atoms with Crippen LogP contribution >= 0.6 is 14.9 Å². The summed E-state index contributed by atoms with van der Waals surface area (Å²) in [4.78, 5) is 55.1. The fourth-order valence-corrected chi connectivity index (χ4v) is 15.8. The Kier molecular flexibility index (Phi) is 19.8. The molecule has 4 aromatic carbocycles. The predicted molar refractivity (Wildman–Crippen MR) is 313 cm³/mol. The maximum atomic E-state index is 15.7. The summed E-state index contributed by atoms with van der Waals surface area (Å²) in [6.07, 6.45) is -5.70. The van der Waals surface area contributed by atoms with E-state index >= 15 is 9.13 Å². The highest BCUT2D eigenvalue weighted by atomic mass is 31.2. The molecular weight excluding hydrogens is 1140 g/mol. The molecule has 2 fully saturated rings. The van der Waals surface area contributed by atoms with E-state index in [1.807, 2.05) is 107 Å². The smallest absolute Gasteiger partial charge is 0.356 e. The van der Waals surface area contributed by atoms with Gasteiger partial charge in [0.25, 0.3) is 11.5 Å². The van der Waals surface area contributed by atoms with Crippen LogP contribution in [0.25, 0.3) is 11.2 Å². The van der Waals surface area contributed by atoms with Gasteiger partial charge in [-0.3, -0.25) is 32.8 Å². The summed E-state index contributed by atoms with van der Waals surface area (Å²) in [5, 5.41) is 12.8. The van der Waals surface area contributed by atoms with E-state index in [4.69, 9.17) is 46.9 Å². The lowest BCUT2D eigenvalue weighted by Gasteiger charge is -2.43. The third kappa shape index (κ3) is 12.6. The first-order valence-electron chi connectivity index (χ1n) is 27.4. The van der Waals surface area contributed by atoms with Crippen molar-refractivity contribution in [3.05, 3.63) is 177 Å². The molecule has 9 rings (SSSR count). The summed E-state index contributed by atoms with van der Waals surface area (Å²) in [6.45, 7) is 6.93. The van der Waals surface area contributed by atoms with E-state index in [1.165, 1.54) is 40.2 Å². The van der Waals surface area contributed by atoms with Crippen LogP contribution in [-0.4, -0.2) is 143 Å². The van der Waals surface area contributed by atoms with Crippen LogP contribution in [0.4, 0.5) is 5.82 Å². The van der Waals surface area contributed by atoms with Gasteiger partial charge in [-0.25, -0.2) is 24.4 Å². The molecule has 26 heteroatoms. The SMILES string of the molecule is COc1ccc(C(OC[C@H]2O[C@@H](n3cnc4c(NC(=O)c5ccccc5)ncnc43)[C@@H](OC)C2OP(=O)(CO[C@H]2O[C@@H](n3ccc(=O)[nH]c3=O)[C@@H](OC)[C@H]2N(CCC#N)P(=O)(C(C)C)C(C)C)OC)(c2ccccc2)c2ccc(OC)cc2)cc1. The number of H-pyrrole nitrogens is 1. The van der Waals surface area contributed by atoms with E-state index in [2.05, 4.69) is 31.3 Å². The number of nitriles is 1. The summed E-state index contributed by atoms with van der Waals surface area (Å²) in [6, 6.07) is 35.2. The number of hydrogen-bond acceptors (Lipinski definition) is 19. The number of aromatic nitrogens is 6. The molecule has 2 aliphatic heterocycles. The van der Waals surface area contributed by atoms with E-state index in [9.17, 15) is 19.6 Å². The average Bonchev–Trinajstić information content (AvgIpc) is 2.31. The third-order valence-electron chi connectivity index (χ3n) is 15.3. The van der Waals surface area contributed by atoms with E-state index in [0.29, 0.717) is 28.2 Å². The van der Waals surface area contributed by atoms with Gasteiger partial charge in [-0.2, -0.15) is 5.26 Å². The van der Waals surface area contributed by atoms with Crippen LogP contribution in [-0.2, 0) is 52.2 Å². The Morgan fingerprint density at radius 2 is 1.36 bits per heavy atom.